The van der Waals surface area contributed by atoms with E-state index < -0.39 is 35.7 Å². The van der Waals surface area contributed by atoms with Crippen molar-refractivity contribution in [3.8, 4) is 5.75 Å². The Morgan fingerprint density at radius 1 is 1.19 bits per heavy atom. The van der Waals surface area contributed by atoms with Crippen LogP contribution in [0, 0.1) is 12.7 Å². The average Bonchev–Trinajstić information content (AvgIpc) is 3.17. The van der Waals surface area contributed by atoms with E-state index in [9.17, 15) is 18.8 Å². The van der Waals surface area contributed by atoms with E-state index >= 15 is 0 Å². The van der Waals surface area contributed by atoms with Crippen LogP contribution in [0.5, 0.6) is 5.75 Å². The maximum atomic E-state index is 14.4. The van der Waals surface area contributed by atoms with Crippen molar-refractivity contribution >= 4 is 23.5 Å². The minimum atomic E-state index is -1.27. The normalized spacial score (nSPS) is 16.0. The Labute approximate surface area is 206 Å². The van der Waals surface area contributed by atoms with Crippen molar-refractivity contribution in [1.29, 1.82) is 0 Å². The summed E-state index contributed by atoms with van der Waals surface area (Å²) in [6.07, 6.45) is 1.49. The average molecular weight is 493 g/mol. The molecule has 10 heteroatoms. The zero-order valence-electron chi connectivity index (χ0n) is 19.5. The largest absolute Gasteiger partial charge is 0.491 e. The van der Waals surface area contributed by atoms with Gasteiger partial charge in [-0.3, -0.25) is 14.6 Å². The minimum absolute atomic E-state index is 0.0556. The van der Waals surface area contributed by atoms with E-state index in [1.165, 1.54) is 12.1 Å². The number of nitrogens with zero attached hydrogens (tertiary/aromatic N) is 2. The molecule has 4 amide bonds. The van der Waals surface area contributed by atoms with E-state index in [4.69, 9.17) is 9.84 Å². The summed E-state index contributed by atoms with van der Waals surface area (Å²) in [4.78, 5) is 44.7. The number of carbonyl (C=O) groups is 3. The molecule has 1 fully saturated rings. The second-order valence-corrected chi connectivity index (χ2v) is 8.25. The maximum absolute atomic E-state index is 14.4. The van der Waals surface area contributed by atoms with Crippen LogP contribution in [0.3, 0.4) is 0 Å². The number of aryl methyl sites for hydroxylation is 1. The summed E-state index contributed by atoms with van der Waals surface area (Å²) in [5.74, 6) is -1.47. The van der Waals surface area contributed by atoms with Crippen LogP contribution in [-0.2, 0) is 16.0 Å². The van der Waals surface area contributed by atoms with Gasteiger partial charge in [-0.15, -0.1) is 0 Å². The molecule has 1 saturated heterocycles. The number of aliphatic hydroxyl groups is 1. The van der Waals surface area contributed by atoms with E-state index in [1.54, 1.807) is 61.7 Å². The lowest BCUT2D eigenvalue weighted by Crippen LogP contribution is -2.49. The van der Waals surface area contributed by atoms with Gasteiger partial charge in [0.2, 0.25) is 5.91 Å². The van der Waals surface area contributed by atoms with Gasteiger partial charge in [-0.05, 0) is 54.4 Å². The SMILES string of the molecule is Cc1ccc(NC(=O)C(Cc2ccccn2)N2C(=O)N[C@H](c3ccc(OCCO)cc3)C2=O)c(F)c1. The molecule has 9 nitrogen and oxygen atoms in total. The van der Waals surface area contributed by atoms with Gasteiger partial charge >= 0.3 is 6.03 Å². The van der Waals surface area contributed by atoms with E-state index in [2.05, 4.69) is 15.6 Å². The molecule has 3 aromatic rings. The molecule has 1 unspecified atom stereocenters. The lowest BCUT2D eigenvalue weighted by atomic mass is 10.0. The molecule has 36 heavy (non-hydrogen) atoms. The van der Waals surface area contributed by atoms with Crippen molar-refractivity contribution in [2.24, 2.45) is 0 Å². The lowest BCUT2D eigenvalue weighted by molar-refractivity contribution is -0.134. The molecule has 0 radical (unpaired) electrons. The third-order valence-electron chi connectivity index (χ3n) is 5.67. The van der Waals surface area contributed by atoms with Crippen LogP contribution in [-0.4, -0.2) is 52.1 Å². The molecule has 4 rings (SSSR count). The van der Waals surface area contributed by atoms with Gasteiger partial charge in [0.15, 0.2) is 0 Å². The van der Waals surface area contributed by atoms with Gasteiger partial charge in [-0.2, -0.15) is 0 Å². The number of hydrogen-bond acceptors (Lipinski definition) is 6. The monoisotopic (exact) mass is 492 g/mol. The van der Waals surface area contributed by atoms with E-state index in [0.29, 0.717) is 22.6 Å². The zero-order chi connectivity index (χ0) is 25.7. The number of urea groups is 1. The number of rotatable bonds is 9. The third-order valence-corrected chi connectivity index (χ3v) is 5.67. The number of anilines is 1. The molecule has 2 heterocycles. The van der Waals surface area contributed by atoms with Crippen molar-refractivity contribution in [1.82, 2.24) is 15.2 Å². The topological polar surface area (TPSA) is 121 Å². The van der Waals surface area contributed by atoms with Gasteiger partial charge in [0, 0.05) is 18.3 Å². The van der Waals surface area contributed by atoms with Crippen molar-refractivity contribution in [3.05, 3.63) is 89.5 Å². The Kier molecular flexibility index (Phi) is 7.55. The van der Waals surface area contributed by atoms with Crippen LogP contribution in [0.2, 0.25) is 0 Å². The first-order valence-electron chi connectivity index (χ1n) is 11.3. The Hall–Kier alpha value is -4.31. The molecular weight excluding hydrogens is 467 g/mol. The maximum Gasteiger partial charge on any atom is 0.325 e. The summed E-state index contributed by atoms with van der Waals surface area (Å²) < 4.78 is 19.7. The fourth-order valence-corrected chi connectivity index (χ4v) is 3.89. The molecule has 1 aliphatic rings. The lowest BCUT2D eigenvalue weighted by Gasteiger charge is -2.24. The first-order valence-corrected chi connectivity index (χ1v) is 11.3. The van der Waals surface area contributed by atoms with Crippen LogP contribution in [0.25, 0.3) is 0 Å². The molecule has 0 spiro atoms. The molecule has 0 aliphatic carbocycles. The number of carbonyl (C=O) groups excluding carboxylic acids is 3. The molecule has 2 aromatic carbocycles. The number of halogens is 1. The molecule has 1 aromatic heterocycles. The first-order chi connectivity index (χ1) is 17.4. The Balaban J connectivity index is 1.60. The Morgan fingerprint density at radius 2 is 1.97 bits per heavy atom. The number of hydrogen-bond donors (Lipinski definition) is 3. The molecule has 3 N–H and O–H groups in total. The second-order valence-electron chi connectivity index (χ2n) is 8.25. The quantitative estimate of drug-likeness (QED) is 0.395. The summed E-state index contributed by atoms with van der Waals surface area (Å²) in [6.45, 7) is 1.70. The number of amides is 4. The number of ether oxygens (including phenoxy) is 1. The van der Waals surface area contributed by atoms with Gasteiger partial charge in [-0.25, -0.2) is 14.1 Å². The van der Waals surface area contributed by atoms with Gasteiger partial charge in [0.05, 0.1) is 12.3 Å². The summed E-state index contributed by atoms with van der Waals surface area (Å²) in [5.41, 5.74) is 1.60. The van der Waals surface area contributed by atoms with Crippen molar-refractivity contribution in [2.75, 3.05) is 18.5 Å². The van der Waals surface area contributed by atoms with Crippen molar-refractivity contribution in [2.45, 2.75) is 25.4 Å². The van der Waals surface area contributed by atoms with Gasteiger partial charge in [-0.1, -0.05) is 24.3 Å². The number of nitrogens with one attached hydrogen (secondary N) is 2. The number of imide groups is 1. The smallest absolute Gasteiger partial charge is 0.325 e. The molecule has 1 aliphatic heterocycles. The van der Waals surface area contributed by atoms with E-state index in [0.717, 1.165) is 4.90 Å². The highest BCUT2D eigenvalue weighted by molar-refractivity contribution is 6.09. The summed E-state index contributed by atoms with van der Waals surface area (Å²) >= 11 is 0. The van der Waals surface area contributed by atoms with Gasteiger partial charge < -0.3 is 20.5 Å². The number of benzene rings is 2. The molecule has 0 bridgehead atoms. The molecule has 0 saturated carbocycles. The first kappa shape index (κ1) is 24.8. The van der Waals surface area contributed by atoms with Gasteiger partial charge in [0.25, 0.3) is 5.91 Å². The number of aliphatic hydroxyl groups excluding tert-OH is 1. The number of aromatic nitrogens is 1. The van der Waals surface area contributed by atoms with Crippen LogP contribution in [0.4, 0.5) is 14.9 Å². The zero-order valence-corrected chi connectivity index (χ0v) is 19.5. The summed E-state index contributed by atoms with van der Waals surface area (Å²) in [6, 6.07) is 12.9. The van der Waals surface area contributed by atoms with Crippen molar-refractivity contribution in [3.63, 3.8) is 0 Å². The highest BCUT2D eigenvalue weighted by atomic mass is 19.1. The van der Waals surface area contributed by atoms with E-state index in [-0.39, 0.29) is 25.3 Å². The van der Waals surface area contributed by atoms with Crippen LogP contribution in [0.15, 0.2) is 66.9 Å². The van der Waals surface area contributed by atoms with Crippen LogP contribution >= 0.6 is 0 Å². The predicted molar refractivity (Wildman–Crippen MR) is 129 cm³/mol. The van der Waals surface area contributed by atoms with E-state index in [1.807, 2.05) is 0 Å². The molecule has 186 valence electrons. The second kappa shape index (κ2) is 11.0. The number of pyridine rings is 1. The highest BCUT2D eigenvalue weighted by Gasteiger charge is 2.45. The fourth-order valence-electron chi connectivity index (χ4n) is 3.89. The van der Waals surface area contributed by atoms with Crippen LogP contribution in [0.1, 0.15) is 22.9 Å². The summed E-state index contributed by atoms with van der Waals surface area (Å²) in [7, 11) is 0. The predicted octanol–water partition coefficient (Wildman–Crippen LogP) is 2.74. The highest BCUT2D eigenvalue weighted by Crippen LogP contribution is 2.27. The Bertz CT molecular complexity index is 1250. The third kappa shape index (κ3) is 5.49. The summed E-state index contributed by atoms with van der Waals surface area (Å²) in [5, 5.41) is 14.0. The van der Waals surface area contributed by atoms with Crippen molar-refractivity contribution < 1.29 is 28.6 Å². The minimum Gasteiger partial charge on any atom is -0.491 e. The Morgan fingerprint density at radius 3 is 2.64 bits per heavy atom. The molecule has 2 atom stereocenters. The van der Waals surface area contributed by atoms with Gasteiger partial charge in [0.1, 0.15) is 30.3 Å². The standard InChI is InChI=1S/C26H25FN4O5/c1-16-5-10-21(20(27)14-16)29-24(33)22(15-18-4-2-3-11-28-18)31-25(34)23(30-26(31)35)17-6-8-19(9-7-17)36-13-12-32/h2-11,14,22-23,32H,12-13,15H2,1H3,(H,29,33)(H,30,35)/t22?,23-/m1/s1. The molecular formula is C26H25FN4O5. The fraction of sp³-hybridized carbons (Fsp3) is 0.231. The van der Waals surface area contributed by atoms with Crippen LogP contribution < -0.4 is 15.4 Å².